The van der Waals surface area contributed by atoms with Crippen LogP contribution in [0.4, 0.5) is 13.2 Å². The molecule has 0 aliphatic heterocycles. The molecule has 9 heteroatoms. The van der Waals surface area contributed by atoms with Crippen molar-refractivity contribution in [3.05, 3.63) is 70.2 Å². The summed E-state index contributed by atoms with van der Waals surface area (Å²) >= 11 is 1.16. The molecule has 29 heavy (non-hydrogen) atoms. The second-order valence-corrected chi connectivity index (χ2v) is 7.51. The standard InChI is InChI=1S/C20H19F3N4OS/c1-12(28)25-17(9-13-5-7-14(11-24)8-6-13)19-27-26-18(29-19)15-3-2-4-16(10-15)20(21,22)23/h2-8,10,17H,9,11,24H2,1H3,(H,25,28). The Balaban J connectivity index is 1.86. The molecule has 0 aliphatic rings. The molecule has 3 N–H and O–H groups in total. The number of alkyl halides is 3. The van der Waals surface area contributed by atoms with Crippen LogP contribution in [0.3, 0.4) is 0 Å². The molecule has 1 amide bonds. The Kier molecular flexibility index (Phi) is 6.29. The van der Waals surface area contributed by atoms with Crippen LogP contribution in [0, 0.1) is 0 Å². The van der Waals surface area contributed by atoms with Crippen LogP contribution in [0.25, 0.3) is 10.6 Å². The van der Waals surface area contributed by atoms with E-state index >= 15 is 0 Å². The number of nitrogens with two attached hydrogens (primary N) is 1. The predicted molar refractivity (Wildman–Crippen MR) is 105 cm³/mol. The Morgan fingerprint density at radius 2 is 1.83 bits per heavy atom. The van der Waals surface area contributed by atoms with Gasteiger partial charge in [0.25, 0.3) is 0 Å². The maximum absolute atomic E-state index is 13.0. The molecule has 1 atom stereocenters. The van der Waals surface area contributed by atoms with Crippen molar-refractivity contribution in [1.82, 2.24) is 15.5 Å². The number of hydrogen-bond acceptors (Lipinski definition) is 5. The molecule has 1 aromatic heterocycles. The molecule has 3 aromatic rings. The van der Waals surface area contributed by atoms with Crippen molar-refractivity contribution in [2.75, 3.05) is 0 Å². The fourth-order valence-corrected chi connectivity index (χ4v) is 3.70. The molecular weight excluding hydrogens is 401 g/mol. The number of halogens is 3. The third kappa shape index (κ3) is 5.39. The molecule has 0 saturated carbocycles. The quantitative estimate of drug-likeness (QED) is 0.629. The molecule has 0 fully saturated rings. The molecular formula is C20H19F3N4OS. The number of hydrogen-bond donors (Lipinski definition) is 2. The summed E-state index contributed by atoms with van der Waals surface area (Å²) in [5.74, 6) is -0.232. The zero-order valence-corrected chi connectivity index (χ0v) is 16.3. The number of nitrogens with one attached hydrogen (secondary N) is 1. The zero-order chi connectivity index (χ0) is 21.0. The first-order valence-corrected chi connectivity index (χ1v) is 9.64. The summed E-state index contributed by atoms with van der Waals surface area (Å²) in [6.45, 7) is 1.84. The number of rotatable bonds is 6. The van der Waals surface area contributed by atoms with Crippen molar-refractivity contribution >= 4 is 17.2 Å². The monoisotopic (exact) mass is 420 g/mol. The highest BCUT2D eigenvalue weighted by Crippen LogP contribution is 2.34. The molecule has 5 nitrogen and oxygen atoms in total. The van der Waals surface area contributed by atoms with Gasteiger partial charge in [-0.25, -0.2) is 0 Å². The van der Waals surface area contributed by atoms with E-state index in [0.29, 0.717) is 28.5 Å². The van der Waals surface area contributed by atoms with Crippen molar-refractivity contribution in [2.24, 2.45) is 5.73 Å². The summed E-state index contributed by atoms with van der Waals surface area (Å²) in [7, 11) is 0. The summed E-state index contributed by atoms with van der Waals surface area (Å²) in [4.78, 5) is 11.7. The lowest BCUT2D eigenvalue weighted by atomic mass is 10.0. The van der Waals surface area contributed by atoms with Crippen LogP contribution in [-0.4, -0.2) is 16.1 Å². The van der Waals surface area contributed by atoms with Gasteiger partial charge in [0.2, 0.25) is 5.91 Å². The van der Waals surface area contributed by atoms with Gasteiger partial charge in [-0.2, -0.15) is 13.2 Å². The Hall–Kier alpha value is -2.78. The van der Waals surface area contributed by atoms with Crippen molar-refractivity contribution in [2.45, 2.75) is 32.1 Å². The van der Waals surface area contributed by atoms with Gasteiger partial charge in [0.15, 0.2) is 0 Å². The lowest BCUT2D eigenvalue weighted by Gasteiger charge is -2.15. The smallest absolute Gasteiger partial charge is 0.347 e. The molecule has 0 spiro atoms. The number of carbonyl (C=O) groups excluding carboxylic acids is 1. The third-order valence-corrected chi connectivity index (χ3v) is 5.34. The zero-order valence-electron chi connectivity index (χ0n) is 15.5. The van der Waals surface area contributed by atoms with Gasteiger partial charge in [-0.3, -0.25) is 4.79 Å². The molecule has 2 aromatic carbocycles. The second-order valence-electron chi connectivity index (χ2n) is 6.50. The molecule has 0 radical (unpaired) electrons. The minimum Gasteiger partial charge on any atom is -0.347 e. The molecule has 0 aliphatic carbocycles. The van der Waals surface area contributed by atoms with Crippen molar-refractivity contribution in [3.63, 3.8) is 0 Å². The second kappa shape index (κ2) is 8.71. The van der Waals surface area contributed by atoms with Crippen LogP contribution in [0.5, 0.6) is 0 Å². The topological polar surface area (TPSA) is 80.9 Å². The number of aromatic nitrogens is 2. The van der Waals surface area contributed by atoms with E-state index in [1.54, 1.807) is 6.07 Å². The fraction of sp³-hybridized carbons (Fsp3) is 0.250. The highest BCUT2D eigenvalue weighted by molar-refractivity contribution is 7.14. The van der Waals surface area contributed by atoms with Gasteiger partial charge >= 0.3 is 6.18 Å². The van der Waals surface area contributed by atoms with Gasteiger partial charge in [-0.15, -0.1) is 10.2 Å². The predicted octanol–water partition coefficient (Wildman–Crippen LogP) is 4.10. The number of carbonyl (C=O) groups is 1. The first kappa shape index (κ1) is 20.9. The van der Waals surface area contributed by atoms with Crippen LogP contribution >= 0.6 is 11.3 Å². The number of nitrogens with zero attached hydrogens (tertiary/aromatic N) is 2. The minimum atomic E-state index is -4.43. The molecule has 1 heterocycles. The Morgan fingerprint density at radius 3 is 2.45 bits per heavy atom. The highest BCUT2D eigenvalue weighted by Gasteiger charge is 2.30. The fourth-order valence-electron chi connectivity index (χ4n) is 2.81. The lowest BCUT2D eigenvalue weighted by molar-refractivity contribution is -0.137. The lowest BCUT2D eigenvalue weighted by Crippen LogP contribution is -2.27. The average molecular weight is 420 g/mol. The summed E-state index contributed by atoms with van der Waals surface area (Å²) in [5.41, 5.74) is 7.16. The Labute approximate surface area is 169 Å². The maximum Gasteiger partial charge on any atom is 0.416 e. The normalized spacial score (nSPS) is 12.6. The molecule has 1 unspecified atom stereocenters. The van der Waals surface area contributed by atoms with Crippen molar-refractivity contribution < 1.29 is 18.0 Å². The first-order chi connectivity index (χ1) is 13.8. The molecule has 0 saturated heterocycles. The highest BCUT2D eigenvalue weighted by atomic mass is 32.1. The van der Waals surface area contributed by atoms with E-state index in [9.17, 15) is 18.0 Å². The van der Waals surface area contributed by atoms with Gasteiger partial charge in [-0.1, -0.05) is 47.7 Å². The van der Waals surface area contributed by atoms with Gasteiger partial charge in [0, 0.05) is 19.0 Å². The average Bonchev–Trinajstić information content (AvgIpc) is 3.17. The van der Waals surface area contributed by atoms with Crippen molar-refractivity contribution in [3.8, 4) is 10.6 Å². The van der Waals surface area contributed by atoms with E-state index in [1.165, 1.54) is 13.0 Å². The number of benzene rings is 2. The van der Waals surface area contributed by atoms with E-state index in [0.717, 1.165) is 34.6 Å². The molecule has 3 rings (SSSR count). The van der Waals surface area contributed by atoms with Crippen LogP contribution in [-0.2, 0) is 23.9 Å². The van der Waals surface area contributed by atoms with E-state index in [2.05, 4.69) is 15.5 Å². The van der Waals surface area contributed by atoms with Crippen LogP contribution in [0.2, 0.25) is 0 Å². The van der Waals surface area contributed by atoms with Gasteiger partial charge in [0.05, 0.1) is 11.6 Å². The van der Waals surface area contributed by atoms with E-state index < -0.39 is 17.8 Å². The van der Waals surface area contributed by atoms with E-state index in [-0.39, 0.29) is 5.91 Å². The molecule has 152 valence electrons. The van der Waals surface area contributed by atoms with Crippen LogP contribution in [0.1, 0.15) is 34.7 Å². The van der Waals surface area contributed by atoms with Gasteiger partial charge < -0.3 is 11.1 Å². The summed E-state index contributed by atoms with van der Waals surface area (Å²) in [5, 5.41) is 11.9. The summed E-state index contributed by atoms with van der Waals surface area (Å²) in [6.07, 6.45) is -3.96. The van der Waals surface area contributed by atoms with Gasteiger partial charge in [-0.05, 0) is 29.7 Å². The Bertz CT molecular complexity index is 986. The third-order valence-electron chi connectivity index (χ3n) is 4.25. The van der Waals surface area contributed by atoms with Gasteiger partial charge in [0.1, 0.15) is 10.0 Å². The summed E-state index contributed by atoms with van der Waals surface area (Å²) < 4.78 is 38.9. The summed E-state index contributed by atoms with van der Waals surface area (Å²) in [6, 6.07) is 12.2. The first-order valence-electron chi connectivity index (χ1n) is 8.82. The Morgan fingerprint density at radius 1 is 1.14 bits per heavy atom. The van der Waals surface area contributed by atoms with Crippen LogP contribution < -0.4 is 11.1 Å². The van der Waals surface area contributed by atoms with Crippen LogP contribution in [0.15, 0.2) is 48.5 Å². The maximum atomic E-state index is 13.0. The largest absolute Gasteiger partial charge is 0.416 e. The number of amides is 1. The minimum absolute atomic E-state index is 0.232. The van der Waals surface area contributed by atoms with Crippen molar-refractivity contribution in [1.29, 1.82) is 0 Å². The SMILES string of the molecule is CC(=O)NC(Cc1ccc(CN)cc1)c1nnc(-c2cccc(C(F)(F)F)c2)s1. The van der Waals surface area contributed by atoms with E-state index in [1.807, 2.05) is 24.3 Å². The molecule has 0 bridgehead atoms. The van der Waals surface area contributed by atoms with E-state index in [4.69, 9.17) is 5.73 Å².